The van der Waals surface area contributed by atoms with Gasteiger partial charge in [-0.2, -0.15) is 0 Å². The van der Waals surface area contributed by atoms with Crippen molar-refractivity contribution >= 4 is 5.91 Å². The van der Waals surface area contributed by atoms with E-state index in [0.717, 1.165) is 31.4 Å². The van der Waals surface area contributed by atoms with E-state index in [1.807, 2.05) is 23.1 Å². The van der Waals surface area contributed by atoms with E-state index in [-0.39, 0.29) is 5.91 Å². The number of benzene rings is 1. The number of carbonyl (C=O) groups excluding carboxylic acids is 1. The summed E-state index contributed by atoms with van der Waals surface area (Å²) in [6.07, 6.45) is 4.43. The first-order valence-corrected chi connectivity index (χ1v) is 6.41. The van der Waals surface area contributed by atoms with Crippen molar-refractivity contribution in [1.29, 1.82) is 0 Å². The summed E-state index contributed by atoms with van der Waals surface area (Å²) in [7, 11) is 0. The first-order chi connectivity index (χ1) is 8.27. The molecular formula is C14H18N2O. The molecule has 3 rings (SSSR count). The van der Waals surface area contributed by atoms with Crippen LogP contribution in [0.1, 0.15) is 36.4 Å². The predicted molar refractivity (Wildman–Crippen MR) is 66.4 cm³/mol. The van der Waals surface area contributed by atoms with Gasteiger partial charge in [-0.05, 0) is 36.8 Å². The van der Waals surface area contributed by atoms with Gasteiger partial charge in [0, 0.05) is 12.6 Å². The van der Waals surface area contributed by atoms with Gasteiger partial charge in [0.05, 0.1) is 0 Å². The second kappa shape index (κ2) is 4.15. The minimum atomic E-state index is -0.464. The van der Waals surface area contributed by atoms with Crippen LogP contribution in [-0.2, 0) is 11.2 Å². The Morgan fingerprint density at radius 1 is 1.24 bits per heavy atom. The van der Waals surface area contributed by atoms with Crippen molar-refractivity contribution in [2.45, 2.75) is 37.8 Å². The lowest BCUT2D eigenvalue weighted by Gasteiger charge is -2.35. The van der Waals surface area contributed by atoms with Gasteiger partial charge in [-0.15, -0.1) is 0 Å². The van der Waals surface area contributed by atoms with Gasteiger partial charge < -0.3 is 10.6 Å². The highest BCUT2D eigenvalue weighted by Gasteiger charge is 2.34. The average Bonchev–Trinajstić information content (AvgIpc) is 2.48. The standard InChI is InChI=1S/C14H18N2O/c15-13-12-7-2-1-5-10(12)9-11-6-3-4-8-16(11)14(13)17/h1-2,5,7,11,13H,3-4,6,8-9,15H2. The smallest absolute Gasteiger partial charge is 0.244 e. The van der Waals surface area contributed by atoms with Gasteiger partial charge in [-0.3, -0.25) is 4.79 Å². The molecule has 2 heterocycles. The molecule has 3 heteroatoms. The number of amides is 1. The van der Waals surface area contributed by atoms with Crippen molar-refractivity contribution < 1.29 is 4.79 Å². The molecule has 0 aliphatic carbocycles. The molecule has 1 amide bonds. The van der Waals surface area contributed by atoms with Crippen molar-refractivity contribution in [3.05, 3.63) is 35.4 Å². The molecule has 0 spiro atoms. The highest BCUT2D eigenvalue weighted by atomic mass is 16.2. The topological polar surface area (TPSA) is 46.3 Å². The predicted octanol–water partition coefficient (Wildman–Crippen LogP) is 1.62. The molecule has 2 N–H and O–H groups in total. The molecule has 2 atom stereocenters. The maximum Gasteiger partial charge on any atom is 0.244 e. The molecule has 0 aromatic heterocycles. The summed E-state index contributed by atoms with van der Waals surface area (Å²) in [6, 6.07) is 8.02. The third-order valence-corrected chi connectivity index (χ3v) is 4.02. The van der Waals surface area contributed by atoms with Crippen LogP contribution in [0.25, 0.3) is 0 Å². The van der Waals surface area contributed by atoms with E-state index in [1.54, 1.807) is 0 Å². The van der Waals surface area contributed by atoms with Crippen LogP contribution in [0.4, 0.5) is 0 Å². The van der Waals surface area contributed by atoms with Crippen LogP contribution in [-0.4, -0.2) is 23.4 Å². The first kappa shape index (κ1) is 10.8. The van der Waals surface area contributed by atoms with Crippen molar-refractivity contribution in [2.24, 2.45) is 5.73 Å². The molecule has 3 nitrogen and oxygen atoms in total. The van der Waals surface area contributed by atoms with Gasteiger partial charge in [-0.1, -0.05) is 24.3 Å². The van der Waals surface area contributed by atoms with Gasteiger partial charge in [0.25, 0.3) is 0 Å². The van der Waals surface area contributed by atoms with Crippen LogP contribution in [0.5, 0.6) is 0 Å². The summed E-state index contributed by atoms with van der Waals surface area (Å²) < 4.78 is 0. The zero-order valence-corrected chi connectivity index (χ0v) is 9.93. The van der Waals surface area contributed by atoms with Crippen molar-refractivity contribution in [1.82, 2.24) is 4.90 Å². The Morgan fingerprint density at radius 3 is 2.94 bits per heavy atom. The number of piperidine rings is 1. The van der Waals surface area contributed by atoms with Gasteiger partial charge >= 0.3 is 0 Å². The molecule has 1 aromatic carbocycles. The summed E-state index contributed by atoms with van der Waals surface area (Å²) in [5.74, 6) is 0.111. The molecule has 0 saturated carbocycles. The lowest BCUT2D eigenvalue weighted by Crippen LogP contribution is -2.46. The Labute approximate surface area is 102 Å². The van der Waals surface area contributed by atoms with Crippen LogP contribution in [0.2, 0.25) is 0 Å². The molecular weight excluding hydrogens is 212 g/mol. The lowest BCUT2D eigenvalue weighted by molar-refractivity contribution is -0.135. The summed E-state index contributed by atoms with van der Waals surface area (Å²) in [5.41, 5.74) is 8.38. The SMILES string of the molecule is NC1C(=O)N2CCCCC2Cc2ccccc21. The highest BCUT2D eigenvalue weighted by Crippen LogP contribution is 2.30. The van der Waals surface area contributed by atoms with Crippen molar-refractivity contribution in [3.63, 3.8) is 0 Å². The number of nitrogens with two attached hydrogens (primary N) is 1. The fraction of sp³-hybridized carbons (Fsp3) is 0.500. The van der Waals surface area contributed by atoms with Crippen LogP contribution >= 0.6 is 0 Å². The third-order valence-electron chi connectivity index (χ3n) is 4.02. The summed E-state index contributed by atoms with van der Waals surface area (Å²) >= 11 is 0. The van der Waals surface area contributed by atoms with E-state index >= 15 is 0 Å². The van der Waals surface area contributed by atoms with Crippen molar-refractivity contribution in [2.75, 3.05) is 6.54 Å². The second-order valence-electron chi connectivity index (χ2n) is 5.06. The van der Waals surface area contributed by atoms with Crippen LogP contribution in [0.3, 0.4) is 0 Å². The maximum absolute atomic E-state index is 12.3. The number of rotatable bonds is 0. The third kappa shape index (κ3) is 1.75. The molecule has 1 fully saturated rings. The fourth-order valence-corrected chi connectivity index (χ4v) is 3.09. The molecule has 2 aliphatic heterocycles. The summed E-state index contributed by atoms with van der Waals surface area (Å²) in [4.78, 5) is 14.4. The second-order valence-corrected chi connectivity index (χ2v) is 5.06. The van der Waals surface area contributed by atoms with Crippen LogP contribution < -0.4 is 5.73 Å². The molecule has 0 radical (unpaired) electrons. The zero-order chi connectivity index (χ0) is 11.8. The molecule has 2 unspecified atom stereocenters. The number of fused-ring (bicyclic) bond motifs is 2. The van der Waals surface area contributed by atoms with E-state index in [1.165, 1.54) is 12.0 Å². The van der Waals surface area contributed by atoms with Crippen molar-refractivity contribution in [3.8, 4) is 0 Å². The largest absolute Gasteiger partial charge is 0.338 e. The zero-order valence-electron chi connectivity index (χ0n) is 9.93. The van der Waals surface area contributed by atoms with Gasteiger partial charge in [0.2, 0.25) is 5.91 Å². The fourth-order valence-electron chi connectivity index (χ4n) is 3.09. The number of hydrogen-bond donors (Lipinski definition) is 1. The van der Waals surface area contributed by atoms with Gasteiger partial charge in [0.15, 0.2) is 0 Å². The Bertz CT molecular complexity index is 444. The van der Waals surface area contributed by atoms with E-state index in [0.29, 0.717) is 6.04 Å². The van der Waals surface area contributed by atoms with E-state index < -0.39 is 6.04 Å². The quantitative estimate of drug-likeness (QED) is 0.736. The first-order valence-electron chi connectivity index (χ1n) is 6.41. The van der Waals surface area contributed by atoms with E-state index in [2.05, 4.69) is 6.07 Å². The highest BCUT2D eigenvalue weighted by molar-refractivity contribution is 5.84. The number of nitrogens with zero attached hydrogens (tertiary/aromatic N) is 1. The molecule has 17 heavy (non-hydrogen) atoms. The van der Waals surface area contributed by atoms with Crippen LogP contribution in [0, 0.1) is 0 Å². The summed E-state index contributed by atoms with van der Waals surface area (Å²) in [5, 5.41) is 0. The maximum atomic E-state index is 12.3. The minimum Gasteiger partial charge on any atom is -0.338 e. The monoisotopic (exact) mass is 230 g/mol. The molecule has 1 saturated heterocycles. The number of carbonyl (C=O) groups is 1. The Balaban J connectivity index is 2.03. The van der Waals surface area contributed by atoms with Crippen LogP contribution in [0.15, 0.2) is 24.3 Å². The van der Waals surface area contributed by atoms with E-state index in [9.17, 15) is 4.79 Å². The Kier molecular flexibility index (Phi) is 2.63. The van der Waals surface area contributed by atoms with E-state index in [4.69, 9.17) is 5.73 Å². The normalized spacial score (nSPS) is 28.3. The summed E-state index contributed by atoms with van der Waals surface area (Å²) in [6.45, 7) is 0.880. The molecule has 90 valence electrons. The Hall–Kier alpha value is -1.35. The average molecular weight is 230 g/mol. The van der Waals surface area contributed by atoms with Gasteiger partial charge in [-0.25, -0.2) is 0 Å². The lowest BCUT2D eigenvalue weighted by atomic mass is 9.95. The Morgan fingerprint density at radius 2 is 2.06 bits per heavy atom. The number of hydrogen-bond acceptors (Lipinski definition) is 2. The van der Waals surface area contributed by atoms with Gasteiger partial charge in [0.1, 0.15) is 6.04 Å². The minimum absolute atomic E-state index is 0.111. The molecule has 1 aromatic rings. The molecule has 2 aliphatic rings. The molecule has 0 bridgehead atoms.